The summed E-state index contributed by atoms with van der Waals surface area (Å²) in [7, 11) is 0. The lowest BCUT2D eigenvalue weighted by Gasteiger charge is -2.22. The van der Waals surface area contributed by atoms with E-state index in [1.807, 2.05) is 23.1 Å². The molecule has 0 aromatic heterocycles. The first-order valence-corrected chi connectivity index (χ1v) is 7.17. The van der Waals surface area contributed by atoms with E-state index in [0.29, 0.717) is 6.04 Å². The minimum Gasteiger partial charge on any atom is -0.336 e. The van der Waals surface area contributed by atoms with Gasteiger partial charge in [-0.2, -0.15) is 0 Å². The Bertz CT molecular complexity index is 431. The SMILES string of the molecule is CCCN(C(=O)c1cc(S)ccc1Br)C1CC1. The normalized spacial score (nSPS) is 14.8. The van der Waals surface area contributed by atoms with E-state index in [4.69, 9.17) is 0 Å². The molecule has 0 bridgehead atoms. The molecule has 1 aromatic carbocycles. The van der Waals surface area contributed by atoms with Crippen molar-refractivity contribution in [1.82, 2.24) is 4.90 Å². The zero-order valence-electron chi connectivity index (χ0n) is 9.82. The van der Waals surface area contributed by atoms with Crippen molar-refractivity contribution in [2.45, 2.75) is 37.1 Å². The lowest BCUT2D eigenvalue weighted by Crippen LogP contribution is -2.34. The standard InChI is InChI=1S/C13H16BrNOS/c1-2-7-15(9-3-4-9)13(16)11-8-10(17)5-6-12(11)14/h5-6,8-9,17H,2-4,7H2,1H3. The van der Waals surface area contributed by atoms with Gasteiger partial charge in [0.25, 0.3) is 5.91 Å². The summed E-state index contributed by atoms with van der Waals surface area (Å²) in [4.78, 5) is 15.3. The smallest absolute Gasteiger partial charge is 0.255 e. The minimum absolute atomic E-state index is 0.122. The summed E-state index contributed by atoms with van der Waals surface area (Å²) < 4.78 is 0.849. The summed E-state index contributed by atoms with van der Waals surface area (Å²) in [6, 6.07) is 6.05. The Morgan fingerprint density at radius 3 is 2.82 bits per heavy atom. The molecule has 1 fully saturated rings. The van der Waals surface area contributed by atoms with Crippen molar-refractivity contribution in [2.75, 3.05) is 6.54 Å². The number of thiol groups is 1. The molecule has 92 valence electrons. The van der Waals surface area contributed by atoms with E-state index < -0.39 is 0 Å². The van der Waals surface area contributed by atoms with Crippen LogP contribution in [-0.4, -0.2) is 23.4 Å². The van der Waals surface area contributed by atoms with Gasteiger partial charge < -0.3 is 4.90 Å². The van der Waals surface area contributed by atoms with Gasteiger partial charge in [0.1, 0.15) is 0 Å². The van der Waals surface area contributed by atoms with Gasteiger partial charge in [-0.3, -0.25) is 4.79 Å². The van der Waals surface area contributed by atoms with Crippen LogP contribution in [0, 0.1) is 0 Å². The monoisotopic (exact) mass is 313 g/mol. The van der Waals surface area contributed by atoms with Crippen LogP contribution in [0.4, 0.5) is 0 Å². The van der Waals surface area contributed by atoms with Gasteiger partial charge in [-0.05, 0) is 53.4 Å². The van der Waals surface area contributed by atoms with Crippen molar-refractivity contribution in [2.24, 2.45) is 0 Å². The first-order chi connectivity index (χ1) is 8.13. The summed E-state index contributed by atoms with van der Waals surface area (Å²) in [5.74, 6) is 0.122. The van der Waals surface area contributed by atoms with Gasteiger partial charge in [-0.25, -0.2) is 0 Å². The second kappa shape index (κ2) is 5.44. The number of rotatable bonds is 4. The number of amides is 1. The average molecular weight is 314 g/mol. The van der Waals surface area contributed by atoms with E-state index in [9.17, 15) is 4.79 Å². The Balaban J connectivity index is 2.24. The second-order valence-corrected chi connectivity index (χ2v) is 5.76. The molecular weight excluding hydrogens is 298 g/mol. The van der Waals surface area contributed by atoms with Crippen molar-refractivity contribution in [3.8, 4) is 0 Å². The van der Waals surface area contributed by atoms with Crippen molar-refractivity contribution < 1.29 is 4.79 Å². The fourth-order valence-electron chi connectivity index (χ4n) is 1.91. The lowest BCUT2D eigenvalue weighted by molar-refractivity contribution is 0.0742. The molecule has 1 aliphatic carbocycles. The number of carbonyl (C=O) groups is 1. The highest BCUT2D eigenvalue weighted by molar-refractivity contribution is 9.10. The molecule has 1 saturated carbocycles. The molecule has 0 saturated heterocycles. The molecule has 0 unspecified atom stereocenters. The van der Waals surface area contributed by atoms with Crippen LogP contribution < -0.4 is 0 Å². The van der Waals surface area contributed by atoms with Crippen LogP contribution in [0.25, 0.3) is 0 Å². The quantitative estimate of drug-likeness (QED) is 0.839. The summed E-state index contributed by atoms with van der Waals surface area (Å²) in [5.41, 5.74) is 0.720. The van der Waals surface area contributed by atoms with Gasteiger partial charge in [0.15, 0.2) is 0 Å². The van der Waals surface area contributed by atoms with E-state index >= 15 is 0 Å². The van der Waals surface area contributed by atoms with Crippen LogP contribution in [0.2, 0.25) is 0 Å². The van der Waals surface area contributed by atoms with Crippen LogP contribution >= 0.6 is 28.6 Å². The molecule has 0 atom stereocenters. The van der Waals surface area contributed by atoms with Gasteiger partial charge >= 0.3 is 0 Å². The molecule has 0 radical (unpaired) electrons. The molecule has 0 aliphatic heterocycles. The fourth-order valence-corrected chi connectivity index (χ4v) is 2.53. The number of hydrogen-bond acceptors (Lipinski definition) is 2. The first-order valence-electron chi connectivity index (χ1n) is 5.93. The summed E-state index contributed by atoms with van der Waals surface area (Å²) >= 11 is 7.73. The molecule has 1 aromatic rings. The first kappa shape index (κ1) is 13.0. The van der Waals surface area contributed by atoms with Crippen LogP contribution in [0.15, 0.2) is 27.6 Å². The van der Waals surface area contributed by atoms with E-state index in [-0.39, 0.29) is 5.91 Å². The van der Waals surface area contributed by atoms with Gasteiger partial charge in [0, 0.05) is 22.0 Å². The third-order valence-electron chi connectivity index (χ3n) is 2.89. The second-order valence-electron chi connectivity index (χ2n) is 4.39. The summed E-state index contributed by atoms with van der Waals surface area (Å²) in [5, 5.41) is 0. The van der Waals surface area contributed by atoms with Crippen LogP contribution in [0.5, 0.6) is 0 Å². The summed E-state index contributed by atoms with van der Waals surface area (Å²) in [6.07, 6.45) is 3.29. The maximum atomic E-state index is 12.5. The molecule has 0 heterocycles. The van der Waals surface area contributed by atoms with Crippen molar-refractivity contribution in [1.29, 1.82) is 0 Å². The number of nitrogens with zero attached hydrogens (tertiary/aromatic N) is 1. The van der Waals surface area contributed by atoms with Crippen molar-refractivity contribution in [3.63, 3.8) is 0 Å². The molecule has 0 spiro atoms. The zero-order valence-corrected chi connectivity index (χ0v) is 12.3. The molecule has 4 heteroatoms. The fraction of sp³-hybridized carbons (Fsp3) is 0.462. The molecule has 2 rings (SSSR count). The number of hydrogen-bond donors (Lipinski definition) is 1. The highest BCUT2D eigenvalue weighted by Gasteiger charge is 2.32. The topological polar surface area (TPSA) is 20.3 Å². The van der Waals surface area contributed by atoms with E-state index in [1.54, 1.807) is 0 Å². The Morgan fingerprint density at radius 2 is 2.24 bits per heavy atom. The number of halogens is 1. The zero-order chi connectivity index (χ0) is 12.4. The largest absolute Gasteiger partial charge is 0.336 e. The van der Waals surface area contributed by atoms with Gasteiger partial charge in [-0.15, -0.1) is 12.6 Å². The van der Waals surface area contributed by atoms with E-state index in [2.05, 4.69) is 35.5 Å². The Hall–Kier alpha value is -0.480. The van der Waals surface area contributed by atoms with Gasteiger partial charge in [0.05, 0.1) is 5.56 Å². The minimum atomic E-state index is 0.122. The van der Waals surface area contributed by atoms with Crippen molar-refractivity contribution in [3.05, 3.63) is 28.2 Å². The van der Waals surface area contributed by atoms with Gasteiger partial charge in [0.2, 0.25) is 0 Å². The number of carbonyl (C=O) groups excluding carboxylic acids is 1. The highest BCUT2D eigenvalue weighted by atomic mass is 79.9. The van der Waals surface area contributed by atoms with Crippen LogP contribution in [0.1, 0.15) is 36.5 Å². The Morgan fingerprint density at radius 1 is 1.53 bits per heavy atom. The Kier molecular flexibility index (Phi) is 4.15. The maximum Gasteiger partial charge on any atom is 0.255 e. The molecule has 17 heavy (non-hydrogen) atoms. The highest BCUT2D eigenvalue weighted by Crippen LogP contribution is 2.30. The van der Waals surface area contributed by atoms with Crippen LogP contribution in [-0.2, 0) is 0 Å². The maximum absolute atomic E-state index is 12.5. The average Bonchev–Trinajstić information content (AvgIpc) is 3.12. The molecule has 1 amide bonds. The predicted molar refractivity (Wildman–Crippen MR) is 75.7 cm³/mol. The molecule has 2 nitrogen and oxygen atoms in total. The van der Waals surface area contributed by atoms with E-state index in [0.717, 1.165) is 40.7 Å². The predicted octanol–water partition coefficient (Wildman–Crippen LogP) is 3.75. The molecule has 0 N–H and O–H groups in total. The Labute approximate surface area is 116 Å². The molecule has 1 aliphatic rings. The third kappa shape index (κ3) is 3.05. The van der Waals surface area contributed by atoms with Crippen molar-refractivity contribution >= 4 is 34.5 Å². The number of benzene rings is 1. The molecular formula is C13H16BrNOS. The lowest BCUT2D eigenvalue weighted by atomic mass is 10.2. The summed E-state index contributed by atoms with van der Waals surface area (Å²) in [6.45, 7) is 2.94. The van der Waals surface area contributed by atoms with E-state index in [1.165, 1.54) is 0 Å². The third-order valence-corrected chi connectivity index (χ3v) is 3.86. The van der Waals surface area contributed by atoms with Crippen LogP contribution in [0.3, 0.4) is 0 Å². The van der Waals surface area contributed by atoms with Gasteiger partial charge in [-0.1, -0.05) is 6.92 Å².